The van der Waals surface area contributed by atoms with Gasteiger partial charge in [-0.3, -0.25) is 0 Å². The summed E-state index contributed by atoms with van der Waals surface area (Å²) in [5.41, 5.74) is 7.18. The van der Waals surface area contributed by atoms with Crippen LogP contribution in [0, 0.1) is 0 Å². The van der Waals surface area contributed by atoms with E-state index in [1.807, 2.05) is 6.07 Å². The van der Waals surface area contributed by atoms with Crippen LogP contribution < -0.4 is 5.73 Å². The van der Waals surface area contributed by atoms with E-state index in [-0.39, 0.29) is 6.10 Å². The lowest BCUT2D eigenvalue weighted by atomic mass is 9.89. The lowest BCUT2D eigenvalue weighted by Crippen LogP contribution is -2.31. The Hall–Kier alpha value is -0.380. The van der Waals surface area contributed by atoms with Crippen LogP contribution in [0.25, 0.3) is 0 Å². The van der Waals surface area contributed by atoms with Crippen LogP contribution in [0.1, 0.15) is 30.7 Å². The van der Waals surface area contributed by atoms with Gasteiger partial charge in [0, 0.05) is 23.5 Å². The first-order valence-corrected chi connectivity index (χ1v) is 6.68. The largest absolute Gasteiger partial charge is 0.378 e. The minimum Gasteiger partial charge on any atom is -0.378 e. The average molecular weight is 284 g/mol. The lowest BCUT2D eigenvalue weighted by molar-refractivity contribution is 0.000455. The summed E-state index contributed by atoms with van der Waals surface area (Å²) in [5.74, 6) is 0.316. The monoisotopic (exact) mass is 283 g/mol. The zero-order valence-corrected chi connectivity index (χ0v) is 10.9. The molecule has 0 radical (unpaired) electrons. The van der Waals surface area contributed by atoms with Crippen LogP contribution in [0.3, 0.4) is 0 Å². The number of hydrogen-bond donors (Lipinski definition) is 1. The minimum atomic E-state index is 0.289. The molecule has 1 aromatic carbocycles. The number of ether oxygens (including phenoxy) is 1. The first-order chi connectivity index (χ1) is 7.83. The van der Waals surface area contributed by atoms with E-state index in [0.29, 0.717) is 12.5 Å². The van der Waals surface area contributed by atoms with Crippen LogP contribution in [-0.2, 0) is 4.74 Å². The Morgan fingerprint density at radius 2 is 2.19 bits per heavy atom. The molecule has 3 heteroatoms. The Balaban J connectivity index is 2.18. The standard InChI is InChI=1S/C13H18BrNO/c14-12-6-2-1-5-10(12)11(9-15)13-7-3-4-8-16-13/h1-2,5-6,11,13H,3-4,7-9,15H2. The average Bonchev–Trinajstić information content (AvgIpc) is 2.34. The fraction of sp³-hybridized carbons (Fsp3) is 0.538. The third-order valence-corrected chi connectivity index (χ3v) is 3.94. The van der Waals surface area contributed by atoms with E-state index in [0.717, 1.165) is 17.5 Å². The lowest BCUT2D eigenvalue weighted by Gasteiger charge is -2.30. The zero-order chi connectivity index (χ0) is 11.4. The summed E-state index contributed by atoms with van der Waals surface area (Å²) in [6.45, 7) is 1.53. The van der Waals surface area contributed by atoms with Crippen molar-refractivity contribution in [1.29, 1.82) is 0 Å². The Morgan fingerprint density at radius 3 is 2.81 bits per heavy atom. The molecule has 1 heterocycles. The molecule has 1 aliphatic rings. The van der Waals surface area contributed by atoms with Gasteiger partial charge in [0.05, 0.1) is 6.10 Å². The minimum absolute atomic E-state index is 0.289. The number of benzene rings is 1. The Bertz CT molecular complexity index is 336. The normalized spacial score (nSPS) is 23.0. The van der Waals surface area contributed by atoms with Crippen LogP contribution in [0.4, 0.5) is 0 Å². The molecule has 0 amide bonds. The molecule has 1 saturated heterocycles. The van der Waals surface area contributed by atoms with Crippen molar-refractivity contribution in [1.82, 2.24) is 0 Å². The molecule has 0 aromatic heterocycles. The molecule has 0 aliphatic carbocycles. The molecular formula is C13H18BrNO. The van der Waals surface area contributed by atoms with Gasteiger partial charge >= 0.3 is 0 Å². The van der Waals surface area contributed by atoms with Gasteiger partial charge in [0.25, 0.3) is 0 Å². The van der Waals surface area contributed by atoms with Gasteiger partial charge in [0.1, 0.15) is 0 Å². The van der Waals surface area contributed by atoms with E-state index < -0.39 is 0 Å². The van der Waals surface area contributed by atoms with Crippen LogP contribution in [0.15, 0.2) is 28.7 Å². The maximum absolute atomic E-state index is 5.90. The molecule has 2 nitrogen and oxygen atoms in total. The predicted molar refractivity (Wildman–Crippen MR) is 69.5 cm³/mol. The summed E-state index contributed by atoms with van der Waals surface area (Å²) in [4.78, 5) is 0. The highest BCUT2D eigenvalue weighted by Crippen LogP contribution is 2.31. The van der Waals surface area contributed by atoms with Gasteiger partial charge in [-0.1, -0.05) is 34.1 Å². The highest BCUT2D eigenvalue weighted by molar-refractivity contribution is 9.10. The summed E-state index contributed by atoms with van der Waals surface area (Å²) in [6.07, 6.45) is 3.86. The quantitative estimate of drug-likeness (QED) is 0.925. The topological polar surface area (TPSA) is 35.2 Å². The second-order valence-corrected chi connectivity index (χ2v) is 5.12. The second kappa shape index (κ2) is 5.80. The summed E-state index contributed by atoms with van der Waals surface area (Å²) >= 11 is 3.59. The first kappa shape index (κ1) is 12.1. The van der Waals surface area contributed by atoms with Crippen LogP contribution in [0.2, 0.25) is 0 Å². The smallest absolute Gasteiger partial charge is 0.0656 e. The van der Waals surface area contributed by atoms with Crippen molar-refractivity contribution in [2.45, 2.75) is 31.3 Å². The molecule has 2 rings (SSSR count). The van der Waals surface area contributed by atoms with E-state index >= 15 is 0 Å². The van der Waals surface area contributed by atoms with Gasteiger partial charge in [0.2, 0.25) is 0 Å². The molecule has 2 unspecified atom stereocenters. The van der Waals surface area contributed by atoms with Crippen LogP contribution in [0.5, 0.6) is 0 Å². The molecule has 1 fully saturated rings. The van der Waals surface area contributed by atoms with E-state index in [9.17, 15) is 0 Å². The van der Waals surface area contributed by atoms with Crippen molar-refractivity contribution in [3.8, 4) is 0 Å². The van der Waals surface area contributed by atoms with Gasteiger partial charge in [-0.15, -0.1) is 0 Å². The molecule has 1 aromatic rings. The highest BCUT2D eigenvalue weighted by Gasteiger charge is 2.25. The molecule has 0 bridgehead atoms. The third-order valence-electron chi connectivity index (χ3n) is 3.22. The Kier molecular flexibility index (Phi) is 4.38. The van der Waals surface area contributed by atoms with Gasteiger partial charge in [-0.25, -0.2) is 0 Å². The molecule has 16 heavy (non-hydrogen) atoms. The molecule has 0 spiro atoms. The first-order valence-electron chi connectivity index (χ1n) is 5.89. The third kappa shape index (κ3) is 2.65. The van der Waals surface area contributed by atoms with Gasteiger partial charge in [-0.05, 0) is 30.9 Å². The second-order valence-electron chi connectivity index (χ2n) is 4.27. The Labute approximate surface area is 105 Å². The summed E-state index contributed by atoms with van der Waals surface area (Å²) in [6, 6.07) is 8.30. The maximum atomic E-state index is 5.90. The fourth-order valence-corrected chi connectivity index (χ4v) is 2.92. The predicted octanol–water partition coefficient (Wildman–Crippen LogP) is 3.06. The van der Waals surface area contributed by atoms with Crippen molar-refractivity contribution < 1.29 is 4.74 Å². The highest BCUT2D eigenvalue weighted by atomic mass is 79.9. The zero-order valence-electron chi connectivity index (χ0n) is 9.36. The van der Waals surface area contributed by atoms with Gasteiger partial charge in [-0.2, -0.15) is 0 Å². The van der Waals surface area contributed by atoms with Crippen molar-refractivity contribution in [3.05, 3.63) is 34.3 Å². The summed E-state index contributed by atoms with van der Waals surface area (Å²) in [7, 11) is 0. The van der Waals surface area contributed by atoms with Crippen LogP contribution >= 0.6 is 15.9 Å². The van der Waals surface area contributed by atoms with E-state index in [1.165, 1.54) is 18.4 Å². The van der Waals surface area contributed by atoms with Crippen LogP contribution in [-0.4, -0.2) is 19.3 Å². The maximum Gasteiger partial charge on any atom is 0.0656 e. The number of halogens is 1. The molecular weight excluding hydrogens is 266 g/mol. The molecule has 2 atom stereocenters. The molecule has 1 aliphatic heterocycles. The summed E-state index contributed by atoms with van der Waals surface area (Å²) in [5, 5.41) is 0. The molecule has 0 saturated carbocycles. The molecule has 2 N–H and O–H groups in total. The summed E-state index contributed by atoms with van der Waals surface area (Å²) < 4.78 is 6.98. The van der Waals surface area contributed by atoms with Crippen molar-refractivity contribution >= 4 is 15.9 Å². The fourth-order valence-electron chi connectivity index (χ4n) is 2.34. The van der Waals surface area contributed by atoms with Crippen molar-refractivity contribution in [2.24, 2.45) is 5.73 Å². The molecule has 88 valence electrons. The Morgan fingerprint density at radius 1 is 1.38 bits per heavy atom. The number of nitrogens with two attached hydrogens (primary N) is 1. The van der Waals surface area contributed by atoms with E-state index in [1.54, 1.807) is 0 Å². The SMILES string of the molecule is NCC(c1ccccc1Br)C1CCCCO1. The number of hydrogen-bond acceptors (Lipinski definition) is 2. The van der Waals surface area contributed by atoms with E-state index in [2.05, 4.69) is 34.1 Å². The van der Waals surface area contributed by atoms with Crippen molar-refractivity contribution in [3.63, 3.8) is 0 Å². The van der Waals surface area contributed by atoms with Crippen molar-refractivity contribution in [2.75, 3.05) is 13.2 Å². The van der Waals surface area contributed by atoms with Gasteiger partial charge in [0.15, 0.2) is 0 Å². The van der Waals surface area contributed by atoms with Gasteiger partial charge < -0.3 is 10.5 Å². The number of rotatable bonds is 3. The van der Waals surface area contributed by atoms with E-state index in [4.69, 9.17) is 10.5 Å².